The van der Waals surface area contributed by atoms with Crippen molar-refractivity contribution in [3.8, 4) is 0 Å². The lowest BCUT2D eigenvalue weighted by molar-refractivity contribution is 0.151. The number of rotatable bonds is 5. The second-order valence-electron chi connectivity index (χ2n) is 5.65. The van der Waals surface area contributed by atoms with E-state index in [9.17, 15) is 8.42 Å². The zero-order chi connectivity index (χ0) is 17.0. The van der Waals surface area contributed by atoms with Crippen molar-refractivity contribution in [1.82, 2.24) is 19.4 Å². The first-order valence-electron chi connectivity index (χ1n) is 7.86. The molecule has 1 unspecified atom stereocenters. The summed E-state index contributed by atoms with van der Waals surface area (Å²) >= 11 is 0. The Morgan fingerprint density at radius 3 is 3.00 bits per heavy atom. The molecular formula is C15H20N4O4S. The fraction of sp³-hybridized carbons (Fsp3) is 0.533. The average molecular weight is 352 g/mol. The highest BCUT2D eigenvalue weighted by molar-refractivity contribution is 7.89. The van der Waals surface area contributed by atoms with Gasteiger partial charge in [0.15, 0.2) is 5.82 Å². The Hall–Kier alpha value is -1.84. The van der Waals surface area contributed by atoms with E-state index in [0.29, 0.717) is 24.7 Å². The second-order valence-corrected chi connectivity index (χ2v) is 7.54. The second kappa shape index (κ2) is 7.37. The van der Waals surface area contributed by atoms with Crippen molar-refractivity contribution in [2.24, 2.45) is 0 Å². The topological polar surface area (TPSA) is 98.4 Å². The number of sulfonamides is 1. The number of methoxy groups -OCH3 is 1. The van der Waals surface area contributed by atoms with Gasteiger partial charge in [0.1, 0.15) is 11.5 Å². The Morgan fingerprint density at radius 2 is 2.25 bits per heavy atom. The van der Waals surface area contributed by atoms with Crippen LogP contribution in [0.4, 0.5) is 0 Å². The van der Waals surface area contributed by atoms with Gasteiger partial charge in [0.2, 0.25) is 10.0 Å². The number of pyridine rings is 1. The fourth-order valence-corrected chi connectivity index (χ4v) is 4.47. The molecule has 9 heteroatoms. The lowest BCUT2D eigenvalue weighted by Crippen LogP contribution is -2.35. The van der Waals surface area contributed by atoms with Crippen molar-refractivity contribution in [2.75, 3.05) is 13.7 Å². The van der Waals surface area contributed by atoms with Crippen LogP contribution < -0.4 is 0 Å². The van der Waals surface area contributed by atoms with Gasteiger partial charge in [-0.2, -0.15) is 9.29 Å². The molecule has 0 aromatic carbocycles. The Bertz CT molecular complexity index is 763. The van der Waals surface area contributed by atoms with Crippen molar-refractivity contribution in [1.29, 1.82) is 0 Å². The third-order valence-corrected chi connectivity index (χ3v) is 5.89. The molecule has 2 aromatic rings. The monoisotopic (exact) mass is 352 g/mol. The summed E-state index contributed by atoms with van der Waals surface area (Å²) in [6.07, 6.45) is 6.26. The quantitative estimate of drug-likeness (QED) is 0.810. The van der Waals surface area contributed by atoms with Crippen LogP contribution in [-0.2, 0) is 21.4 Å². The van der Waals surface area contributed by atoms with Crippen molar-refractivity contribution in [2.45, 2.75) is 43.2 Å². The molecule has 3 heterocycles. The molecule has 130 valence electrons. The Morgan fingerprint density at radius 1 is 1.38 bits per heavy atom. The third kappa shape index (κ3) is 3.47. The van der Waals surface area contributed by atoms with Gasteiger partial charge in [-0.15, -0.1) is 0 Å². The first-order valence-corrected chi connectivity index (χ1v) is 9.30. The summed E-state index contributed by atoms with van der Waals surface area (Å²) < 4.78 is 37.7. The average Bonchev–Trinajstić information content (AvgIpc) is 2.91. The van der Waals surface area contributed by atoms with Gasteiger partial charge >= 0.3 is 0 Å². The minimum atomic E-state index is -3.67. The highest BCUT2D eigenvalue weighted by Gasteiger charge is 2.36. The highest BCUT2D eigenvalue weighted by atomic mass is 32.2. The van der Waals surface area contributed by atoms with Gasteiger partial charge in [-0.1, -0.05) is 18.0 Å². The summed E-state index contributed by atoms with van der Waals surface area (Å²) in [6.45, 7) is 0.630. The number of hydrogen-bond donors (Lipinski definition) is 0. The molecule has 1 saturated heterocycles. The molecule has 0 N–H and O–H groups in total. The first kappa shape index (κ1) is 17.0. The summed E-state index contributed by atoms with van der Waals surface area (Å²) in [6, 6.07) is 2.73. The smallest absolute Gasteiger partial charge is 0.252 e. The molecule has 1 aliphatic heterocycles. The van der Waals surface area contributed by atoms with Crippen molar-refractivity contribution in [3.05, 3.63) is 36.2 Å². The number of hydrogen-bond acceptors (Lipinski definition) is 7. The van der Waals surface area contributed by atoms with Gasteiger partial charge in [-0.3, -0.25) is 4.98 Å². The maximum Gasteiger partial charge on any atom is 0.252 e. The van der Waals surface area contributed by atoms with Crippen LogP contribution in [0, 0.1) is 0 Å². The van der Waals surface area contributed by atoms with E-state index in [1.807, 2.05) is 0 Å². The summed E-state index contributed by atoms with van der Waals surface area (Å²) in [7, 11) is -2.13. The van der Waals surface area contributed by atoms with Crippen molar-refractivity contribution in [3.63, 3.8) is 0 Å². The van der Waals surface area contributed by atoms with Gasteiger partial charge in [0.05, 0.1) is 6.04 Å². The molecule has 2 aromatic heterocycles. The molecular weight excluding hydrogens is 332 g/mol. The molecule has 0 spiro atoms. The first-order chi connectivity index (χ1) is 11.6. The van der Waals surface area contributed by atoms with Gasteiger partial charge in [0.25, 0.3) is 5.89 Å². The summed E-state index contributed by atoms with van der Waals surface area (Å²) in [5.74, 6) is 0.729. The zero-order valence-corrected chi connectivity index (χ0v) is 14.3. The van der Waals surface area contributed by atoms with Crippen LogP contribution >= 0.6 is 0 Å². The van der Waals surface area contributed by atoms with E-state index in [1.165, 1.54) is 17.6 Å². The predicted octanol–water partition coefficient (Wildman–Crippen LogP) is 1.92. The van der Waals surface area contributed by atoms with Gasteiger partial charge in [-0.05, 0) is 25.0 Å². The molecule has 3 rings (SSSR count). The van der Waals surface area contributed by atoms with E-state index in [4.69, 9.17) is 9.26 Å². The summed E-state index contributed by atoms with van der Waals surface area (Å²) in [4.78, 5) is 8.40. The van der Waals surface area contributed by atoms with Crippen LogP contribution in [-0.4, -0.2) is 41.5 Å². The molecule has 0 radical (unpaired) electrons. The maximum absolute atomic E-state index is 13.0. The van der Waals surface area contributed by atoms with E-state index in [1.54, 1.807) is 18.3 Å². The largest absolute Gasteiger partial charge is 0.375 e. The highest BCUT2D eigenvalue weighted by Crippen LogP contribution is 2.33. The Kier molecular flexibility index (Phi) is 5.22. The van der Waals surface area contributed by atoms with E-state index in [0.717, 1.165) is 19.3 Å². The van der Waals surface area contributed by atoms with Crippen LogP contribution in [0.2, 0.25) is 0 Å². The van der Waals surface area contributed by atoms with E-state index in [2.05, 4.69) is 15.1 Å². The maximum atomic E-state index is 13.0. The molecule has 0 aliphatic carbocycles. The molecule has 24 heavy (non-hydrogen) atoms. The molecule has 8 nitrogen and oxygen atoms in total. The standard InChI is InChI=1S/C15H20N4O4S/c1-22-11-14-17-15(18-23-14)13-7-3-2-4-9-19(13)24(20,21)12-6-5-8-16-10-12/h5-6,8,10,13H,2-4,7,9,11H2,1H3. The zero-order valence-electron chi connectivity index (χ0n) is 13.5. The predicted molar refractivity (Wildman–Crippen MR) is 84.3 cm³/mol. The van der Waals surface area contributed by atoms with Crippen molar-refractivity contribution >= 4 is 10.0 Å². The summed E-state index contributed by atoms with van der Waals surface area (Å²) in [5, 5.41) is 3.97. The van der Waals surface area contributed by atoms with Crippen LogP contribution in [0.1, 0.15) is 43.4 Å². The Labute approximate surface area is 140 Å². The van der Waals surface area contributed by atoms with E-state index < -0.39 is 16.1 Å². The fourth-order valence-electron chi connectivity index (χ4n) is 2.85. The lowest BCUT2D eigenvalue weighted by atomic mass is 10.1. The Balaban J connectivity index is 1.95. The minimum absolute atomic E-state index is 0.178. The SMILES string of the molecule is COCc1nc(C2CCCCCN2S(=O)(=O)c2cccnc2)no1. The van der Waals surface area contributed by atoms with Crippen LogP contribution in [0.25, 0.3) is 0 Å². The van der Waals surface area contributed by atoms with Crippen molar-refractivity contribution < 1.29 is 17.7 Å². The number of ether oxygens (including phenoxy) is 1. The van der Waals surface area contributed by atoms with Gasteiger partial charge < -0.3 is 9.26 Å². The summed E-state index contributed by atoms with van der Waals surface area (Å²) in [5.41, 5.74) is 0. The van der Waals surface area contributed by atoms with Crippen LogP contribution in [0.5, 0.6) is 0 Å². The molecule has 1 atom stereocenters. The molecule has 1 fully saturated rings. The lowest BCUT2D eigenvalue weighted by Gasteiger charge is -2.26. The molecule has 0 saturated carbocycles. The molecule has 0 bridgehead atoms. The minimum Gasteiger partial charge on any atom is -0.375 e. The normalized spacial score (nSPS) is 20.0. The van der Waals surface area contributed by atoms with Crippen LogP contribution in [0.15, 0.2) is 33.9 Å². The van der Waals surface area contributed by atoms with E-state index >= 15 is 0 Å². The van der Waals surface area contributed by atoms with Crippen LogP contribution in [0.3, 0.4) is 0 Å². The van der Waals surface area contributed by atoms with Gasteiger partial charge in [0, 0.05) is 26.0 Å². The molecule has 0 amide bonds. The number of aromatic nitrogens is 3. The third-order valence-electron chi connectivity index (χ3n) is 3.99. The van der Waals surface area contributed by atoms with Gasteiger partial charge in [-0.25, -0.2) is 8.42 Å². The molecule has 1 aliphatic rings. The number of nitrogens with zero attached hydrogens (tertiary/aromatic N) is 4. The van der Waals surface area contributed by atoms with E-state index in [-0.39, 0.29) is 11.5 Å².